The largest absolute Gasteiger partial charge is 0.308 e. The average Bonchev–Trinajstić information content (AvgIpc) is 3.27. The van der Waals surface area contributed by atoms with E-state index in [0.717, 1.165) is 51.3 Å². The molecule has 0 unspecified atom stereocenters. The fourth-order valence-corrected chi connectivity index (χ4v) is 7.02. The molecule has 178 valence electrons. The standard InChI is InChI=1S/C31H33N2OP/c1-5-26(6-2)22-30(23-33-25(4)21-31(32-33)27-19-17-24(3)18-20-27)35(34,28-13-9-7-10-14-28)29-15-11-8-12-16-29/h7-21H,5-6,23H2,1-4H3. The van der Waals surface area contributed by atoms with Crippen LogP contribution in [0.5, 0.6) is 0 Å². The summed E-state index contributed by atoms with van der Waals surface area (Å²) in [5.74, 6) is 0. The molecule has 3 aromatic carbocycles. The fourth-order valence-electron chi connectivity index (χ4n) is 4.26. The van der Waals surface area contributed by atoms with Crippen LogP contribution in [-0.4, -0.2) is 9.78 Å². The predicted octanol–water partition coefficient (Wildman–Crippen LogP) is 7.41. The molecule has 1 aromatic heterocycles. The minimum Gasteiger partial charge on any atom is -0.308 e. The zero-order valence-electron chi connectivity index (χ0n) is 21.0. The summed E-state index contributed by atoms with van der Waals surface area (Å²) in [6, 6.07) is 30.2. The van der Waals surface area contributed by atoms with Crippen LogP contribution in [0.25, 0.3) is 11.3 Å². The van der Waals surface area contributed by atoms with Gasteiger partial charge in [0.2, 0.25) is 0 Å². The van der Waals surface area contributed by atoms with E-state index in [1.165, 1.54) is 5.56 Å². The van der Waals surface area contributed by atoms with Gasteiger partial charge in [-0.05, 0) is 38.3 Å². The van der Waals surface area contributed by atoms with Crippen LogP contribution in [-0.2, 0) is 11.1 Å². The highest BCUT2D eigenvalue weighted by Gasteiger charge is 2.32. The first-order valence-electron chi connectivity index (χ1n) is 12.3. The molecule has 3 nitrogen and oxygen atoms in total. The smallest absolute Gasteiger partial charge is 0.176 e. The molecule has 0 fully saturated rings. The number of aromatic nitrogens is 2. The maximum atomic E-state index is 15.2. The second kappa shape index (κ2) is 10.9. The molecule has 0 N–H and O–H groups in total. The molecule has 0 bridgehead atoms. The number of nitrogens with zero attached hydrogens (tertiary/aromatic N) is 2. The van der Waals surface area contributed by atoms with Crippen molar-refractivity contribution in [2.24, 2.45) is 0 Å². The lowest BCUT2D eigenvalue weighted by Gasteiger charge is -2.22. The predicted molar refractivity (Wildman–Crippen MR) is 148 cm³/mol. The van der Waals surface area contributed by atoms with Crippen LogP contribution in [0, 0.1) is 13.8 Å². The van der Waals surface area contributed by atoms with E-state index >= 15 is 4.57 Å². The van der Waals surface area contributed by atoms with Gasteiger partial charge in [-0.25, -0.2) is 0 Å². The van der Waals surface area contributed by atoms with Gasteiger partial charge < -0.3 is 4.57 Å². The van der Waals surface area contributed by atoms with Crippen molar-refractivity contribution in [1.82, 2.24) is 9.78 Å². The van der Waals surface area contributed by atoms with Gasteiger partial charge in [-0.1, -0.05) is 104 Å². The number of hydrogen-bond donors (Lipinski definition) is 0. The van der Waals surface area contributed by atoms with Gasteiger partial charge in [-0.3, -0.25) is 4.68 Å². The van der Waals surface area contributed by atoms with Crippen molar-refractivity contribution in [1.29, 1.82) is 0 Å². The fraction of sp³-hybridized carbons (Fsp3) is 0.226. The summed E-state index contributed by atoms with van der Waals surface area (Å²) >= 11 is 0. The summed E-state index contributed by atoms with van der Waals surface area (Å²) in [5.41, 5.74) is 9.05. The lowest BCUT2D eigenvalue weighted by molar-refractivity contribution is 0.585. The van der Waals surface area contributed by atoms with Gasteiger partial charge in [-0.15, -0.1) is 5.73 Å². The third kappa shape index (κ3) is 5.33. The Morgan fingerprint density at radius 1 is 0.829 bits per heavy atom. The minimum absolute atomic E-state index is 0.419. The monoisotopic (exact) mass is 480 g/mol. The van der Waals surface area contributed by atoms with E-state index in [4.69, 9.17) is 5.10 Å². The van der Waals surface area contributed by atoms with Crippen LogP contribution < -0.4 is 10.6 Å². The number of hydrogen-bond acceptors (Lipinski definition) is 2. The minimum atomic E-state index is -3.15. The summed E-state index contributed by atoms with van der Waals surface area (Å²) in [6.45, 7) is 8.83. The average molecular weight is 481 g/mol. The number of allylic oxidation sites excluding steroid dienone is 1. The highest BCUT2D eigenvalue weighted by molar-refractivity contribution is 7.82. The zero-order valence-corrected chi connectivity index (χ0v) is 21.9. The Kier molecular flexibility index (Phi) is 7.71. The highest BCUT2D eigenvalue weighted by Crippen LogP contribution is 2.52. The molecular formula is C31H33N2OP. The first-order chi connectivity index (χ1) is 17.0. The third-order valence-electron chi connectivity index (χ3n) is 6.42. The molecule has 0 spiro atoms. The molecule has 0 atom stereocenters. The number of aryl methyl sites for hydroxylation is 2. The molecule has 1 heterocycles. The third-order valence-corrected chi connectivity index (χ3v) is 9.49. The molecule has 0 saturated carbocycles. The van der Waals surface area contributed by atoms with E-state index in [1.54, 1.807) is 0 Å². The van der Waals surface area contributed by atoms with Crippen LogP contribution in [0.1, 0.15) is 37.9 Å². The summed E-state index contributed by atoms with van der Waals surface area (Å²) < 4.78 is 17.1. The van der Waals surface area contributed by atoms with Crippen LogP contribution in [0.4, 0.5) is 0 Å². The topological polar surface area (TPSA) is 34.9 Å². The molecule has 4 aromatic rings. The summed E-state index contributed by atoms with van der Waals surface area (Å²) in [5, 5.41) is 7.37. The molecule has 0 amide bonds. The van der Waals surface area contributed by atoms with Crippen LogP contribution in [0.15, 0.2) is 108 Å². The van der Waals surface area contributed by atoms with E-state index in [9.17, 15) is 0 Å². The van der Waals surface area contributed by atoms with Crippen molar-refractivity contribution in [3.05, 3.63) is 119 Å². The van der Waals surface area contributed by atoms with Crippen molar-refractivity contribution >= 4 is 17.8 Å². The van der Waals surface area contributed by atoms with Gasteiger partial charge in [0.1, 0.15) is 0 Å². The van der Waals surface area contributed by atoms with Crippen molar-refractivity contribution in [3.63, 3.8) is 0 Å². The van der Waals surface area contributed by atoms with Crippen molar-refractivity contribution in [2.75, 3.05) is 0 Å². The Hall–Kier alpha value is -3.38. The van der Waals surface area contributed by atoms with E-state index in [2.05, 4.69) is 63.8 Å². The number of rotatable bonds is 8. The SMILES string of the molecule is CCC(=C=C(Cn1nc(-c2ccc(C)cc2)cc1C)P(=O)(c1ccccc1)c1ccccc1)CC. The van der Waals surface area contributed by atoms with E-state index in [0.29, 0.717) is 6.54 Å². The van der Waals surface area contributed by atoms with E-state index in [-0.39, 0.29) is 0 Å². The summed E-state index contributed by atoms with van der Waals surface area (Å²) in [6.07, 6.45) is 1.74. The van der Waals surface area contributed by atoms with E-state index < -0.39 is 7.14 Å². The van der Waals surface area contributed by atoms with Crippen LogP contribution in [0.2, 0.25) is 0 Å². The maximum Gasteiger partial charge on any atom is 0.176 e. The van der Waals surface area contributed by atoms with Gasteiger partial charge in [0, 0.05) is 21.9 Å². The maximum absolute atomic E-state index is 15.2. The molecule has 0 aliphatic heterocycles. The normalized spacial score (nSPS) is 11.2. The molecule has 0 saturated heterocycles. The Balaban J connectivity index is 1.90. The zero-order chi connectivity index (χ0) is 24.8. The second-order valence-corrected chi connectivity index (χ2v) is 11.6. The quantitative estimate of drug-likeness (QED) is 0.194. The van der Waals surface area contributed by atoms with E-state index in [1.807, 2.05) is 65.3 Å². The molecule has 35 heavy (non-hydrogen) atoms. The Labute approximate surface area is 209 Å². The van der Waals surface area contributed by atoms with Gasteiger partial charge in [0.25, 0.3) is 0 Å². The van der Waals surface area contributed by atoms with Crippen molar-refractivity contribution < 1.29 is 4.57 Å². The number of benzene rings is 3. The second-order valence-electron chi connectivity index (χ2n) is 8.86. The molecule has 0 radical (unpaired) electrons. The molecule has 0 aliphatic rings. The van der Waals surface area contributed by atoms with Crippen molar-refractivity contribution in [2.45, 2.75) is 47.1 Å². The summed E-state index contributed by atoms with van der Waals surface area (Å²) in [7, 11) is -3.15. The Bertz CT molecular complexity index is 1340. The van der Waals surface area contributed by atoms with Gasteiger partial charge in [0.15, 0.2) is 7.14 Å². The molecule has 4 rings (SSSR count). The van der Waals surface area contributed by atoms with Gasteiger partial charge >= 0.3 is 0 Å². The summed E-state index contributed by atoms with van der Waals surface area (Å²) in [4.78, 5) is 0. The molecule has 0 aliphatic carbocycles. The molecular weight excluding hydrogens is 447 g/mol. The van der Waals surface area contributed by atoms with Gasteiger partial charge in [-0.2, -0.15) is 5.10 Å². The highest BCUT2D eigenvalue weighted by atomic mass is 31.2. The lowest BCUT2D eigenvalue weighted by atomic mass is 10.1. The first kappa shape index (κ1) is 24.7. The van der Waals surface area contributed by atoms with Crippen molar-refractivity contribution in [3.8, 4) is 11.3 Å². The van der Waals surface area contributed by atoms with Crippen LogP contribution in [0.3, 0.4) is 0 Å². The Morgan fingerprint density at radius 3 is 1.89 bits per heavy atom. The van der Waals surface area contributed by atoms with Crippen LogP contribution >= 0.6 is 7.14 Å². The lowest BCUT2D eigenvalue weighted by Crippen LogP contribution is -2.20. The van der Waals surface area contributed by atoms with Gasteiger partial charge in [0.05, 0.1) is 17.6 Å². The molecule has 4 heteroatoms. The Morgan fingerprint density at radius 2 is 1.37 bits per heavy atom. The first-order valence-corrected chi connectivity index (χ1v) is 14.0.